The van der Waals surface area contributed by atoms with Crippen molar-refractivity contribution in [1.29, 1.82) is 0 Å². The van der Waals surface area contributed by atoms with Gasteiger partial charge in [0.2, 0.25) is 0 Å². The molecule has 0 aliphatic carbocycles. The summed E-state index contributed by atoms with van der Waals surface area (Å²) in [4.78, 5) is 17.3. The van der Waals surface area contributed by atoms with Gasteiger partial charge in [-0.3, -0.25) is 9.78 Å². The van der Waals surface area contributed by atoms with Gasteiger partial charge in [-0.15, -0.1) is 0 Å². The van der Waals surface area contributed by atoms with Crippen LogP contribution in [0.4, 0.5) is 10.1 Å². The second-order valence-corrected chi connectivity index (χ2v) is 7.08. The van der Waals surface area contributed by atoms with Gasteiger partial charge in [0.25, 0.3) is 5.91 Å². The molecule has 0 fully saturated rings. The van der Waals surface area contributed by atoms with Crippen LogP contribution in [0, 0.1) is 6.92 Å². The number of aromatic nitrogens is 1. The first-order chi connectivity index (χ1) is 14.1. The van der Waals surface area contributed by atoms with Crippen LogP contribution in [0.1, 0.15) is 33.2 Å². The lowest BCUT2D eigenvalue weighted by atomic mass is 9.97. The second-order valence-electron chi connectivity index (χ2n) is 7.08. The first-order valence-electron chi connectivity index (χ1n) is 9.55. The molecule has 0 bridgehead atoms. The van der Waals surface area contributed by atoms with Crippen molar-refractivity contribution >= 4 is 22.5 Å². The molecule has 1 unspecified atom stereocenters. The Morgan fingerprint density at radius 2 is 1.72 bits per heavy atom. The Hall–Kier alpha value is -3.53. The Morgan fingerprint density at radius 1 is 0.966 bits per heavy atom. The average molecular weight is 384 g/mol. The van der Waals surface area contributed by atoms with Crippen molar-refractivity contribution in [3.8, 4) is 0 Å². The minimum absolute atomic E-state index is 0.223. The molecular formula is C25H21FN2O. The number of nitrogens with one attached hydrogen (secondary N) is 1. The van der Waals surface area contributed by atoms with E-state index in [1.807, 2.05) is 55.5 Å². The van der Waals surface area contributed by atoms with Crippen LogP contribution in [0.2, 0.25) is 0 Å². The summed E-state index contributed by atoms with van der Waals surface area (Å²) in [6.45, 7) is 2.00. The van der Waals surface area contributed by atoms with E-state index >= 15 is 4.39 Å². The Labute approximate surface area is 169 Å². The van der Waals surface area contributed by atoms with E-state index in [9.17, 15) is 4.79 Å². The fourth-order valence-corrected chi connectivity index (χ4v) is 3.41. The van der Waals surface area contributed by atoms with Gasteiger partial charge >= 0.3 is 0 Å². The number of aryl methyl sites for hydroxylation is 1. The molecule has 4 heteroatoms. The van der Waals surface area contributed by atoms with E-state index < -0.39 is 6.17 Å². The maximum atomic E-state index is 15.1. The molecule has 1 heterocycles. The SMILES string of the molecule is Cc1ccc(CC(F)c2ccccc2C(=O)Nc2cccc3cccnc23)cc1. The molecule has 1 N–H and O–H groups in total. The molecule has 1 aromatic heterocycles. The lowest BCUT2D eigenvalue weighted by Crippen LogP contribution is -2.16. The molecular weight excluding hydrogens is 363 g/mol. The van der Waals surface area contributed by atoms with Crippen molar-refractivity contribution in [3.63, 3.8) is 0 Å². The van der Waals surface area contributed by atoms with Crippen molar-refractivity contribution in [1.82, 2.24) is 4.98 Å². The van der Waals surface area contributed by atoms with E-state index in [2.05, 4.69) is 10.3 Å². The summed E-state index contributed by atoms with van der Waals surface area (Å²) in [6.07, 6.45) is 0.635. The molecule has 29 heavy (non-hydrogen) atoms. The minimum atomic E-state index is -1.27. The highest BCUT2D eigenvalue weighted by Crippen LogP contribution is 2.27. The molecule has 0 saturated heterocycles. The van der Waals surface area contributed by atoms with Crippen LogP contribution in [0.25, 0.3) is 10.9 Å². The number of rotatable bonds is 5. The molecule has 0 saturated carbocycles. The Kier molecular flexibility index (Phi) is 5.34. The van der Waals surface area contributed by atoms with E-state index in [1.54, 1.807) is 36.5 Å². The predicted molar refractivity (Wildman–Crippen MR) is 115 cm³/mol. The summed E-state index contributed by atoms with van der Waals surface area (Å²) in [5, 5.41) is 3.83. The number of pyridine rings is 1. The van der Waals surface area contributed by atoms with E-state index in [4.69, 9.17) is 0 Å². The second kappa shape index (κ2) is 8.23. The highest BCUT2D eigenvalue weighted by atomic mass is 19.1. The Balaban J connectivity index is 1.60. The zero-order chi connectivity index (χ0) is 20.2. The third-order valence-electron chi connectivity index (χ3n) is 4.96. The van der Waals surface area contributed by atoms with Gasteiger partial charge in [0.15, 0.2) is 0 Å². The highest BCUT2D eigenvalue weighted by Gasteiger charge is 2.19. The number of carbonyl (C=O) groups is 1. The van der Waals surface area contributed by atoms with Crippen LogP contribution in [-0.2, 0) is 6.42 Å². The topological polar surface area (TPSA) is 42.0 Å². The summed E-state index contributed by atoms with van der Waals surface area (Å²) < 4.78 is 15.1. The van der Waals surface area contributed by atoms with Crippen LogP contribution >= 0.6 is 0 Å². The number of halogens is 1. The van der Waals surface area contributed by atoms with Crippen LogP contribution < -0.4 is 5.32 Å². The summed E-state index contributed by atoms with van der Waals surface area (Å²) in [5.41, 5.74) is 4.07. The first-order valence-corrected chi connectivity index (χ1v) is 9.55. The number of carbonyl (C=O) groups excluding carboxylic acids is 1. The average Bonchev–Trinajstić information content (AvgIpc) is 2.75. The van der Waals surface area contributed by atoms with Gasteiger partial charge in [-0.05, 0) is 36.2 Å². The van der Waals surface area contributed by atoms with Crippen molar-refractivity contribution in [2.45, 2.75) is 19.5 Å². The molecule has 1 atom stereocenters. The summed E-state index contributed by atoms with van der Waals surface area (Å²) in [7, 11) is 0. The number of benzene rings is 3. The lowest BCUT2D eigenvalue weighted by Gasteiger charge is -2.15. The minimum Gasteiger partial charge on any atom is -0.320 e. The quantitative estimate of drug-likeness (QED) is 0.455. The van der Waals surface area contributed by atoms with Crippen molar-refractivity contribution in [2.75, 3.05) is 5.32 Å². The standard InChI is InChI=1S/C25H21FN2O/c1-17-11-13-18(14-12-17)16-22(26)20-8-2-3-9-21(20)25(29)28-23-10-4-6-19-7-5-15-27-24(19)23/h2-15,22H,16H2,1H3,(H,28,29). The number of hydrogen-bond donors (Lipinski definition) is 1. The van der Waals surface area contributed by atoms with Crippen LogP contribution in [0.3, 0.4) is 0 Å². The molecule has 3 aromatic carbocycles. The zero-order valence-corrected chi connectivity index (χ0v) is 16.1. The van der Waals surface area contributed by atoms with E-state index in [0.29, 0.717) is 22.3 Å². The van der Waals surface area contributed by atoms with Gasteiger partial charge in [0.1, 0.15) is 6.17 Å². The van der Waals surface area contributed by atoms with Gasteiger partial charge in [-0.1, -0.05) is 66.2 Å². The van der Waals surface area contributed by atoms with Crippen molar-refractivity contribution < 1.29 is 9.18 Å². The molecule has 0 radical (unpaired) electrons. The molecule has 1 amide bonds. The molecule has 0 spiro atoms. The summed E-state index contributed by atoms with van der Waals surface area (Å²) >= 11 is 0. The van der Waals surface area contributed by atoms with E-state index in [1.165, 1.54) is 0 Å². The highest BCUT2D eigenvalue weighted by molar-refractivity contribution is 6.09. The molecule has 4 rings (SSSR count). The molecule has 4 aromatic rings. The normalized spacial score (nSPS) is 11.9. The maximum Gasteiger partial charge on any atom is 0.256 e. The Bertz CT molecular complexity index is 1150. The van der Waals surface area contributed by atoms with E-state index in [-0.39, 0.29) is 12.3 Å². The lowest BCUT2D eigenvalue weighted by molar-refractivity contribution is 0.102. The monoisotopic (exact) mass is 384 g/mol. The molecule has 144 valence electrons. The number of alkyl halides is 1. The summed E-state index contributed by atoms with van der Waals surface area (Å²) in [6, 6.07) is 24.0. The van der Waals surface area contributed by atoms with Gasteiger partial charge < -0.3 is 5.32 Å². The molecule has 0 aliphatic heterocycles. The van der Waals surface area contributed by atoms with Crippen LogP contribution in [0.15, 0.2) is 85.1 Å². The molecule has 0 aliphatic rings. The van der Waals surface area contributed by atoms with Gasteiger partial charge in [-0.2, -0.15) is 0 Å². The maximum absolute atomic E-state index is 15.1. The smallest absolute Gasteiger partial charge is 0.256 e. The third kappa shape index (κ3) is 4.16. The zero-order valence-electron chi connectivity index (χ0n) is 16.1. The molecule has 3 nitrogen and oxygen atoms in total. The number of hydrogen-bond acceptors (Lipinski definition) is 2. The van der Waals surface area contributed by atoms with Crippen LogP contribution in [-0.4, -0.2) is 10.9 Å². The third-order valence-corrected chi connectivity index (χ3v) is 4.96. The largest absolute Gasteiger partial charge is 0.320 e. The van der Waals surface area contributed by atoms with Crippen molar-refractivity contribution in [2.24, 2.45) is 0 Å². The number of amides is 1. The van der Waals surface area contributed by atoms with E-state index in [0.717, 1.165) is 16.5 Å². The van der Waals surface area contributed by atoms with Gasteiger partial charge in [0.05, 0.1) is 11.2 Å². The number of anilines is 1. The number of fused-ring (bicyclic) bond motifs is 1. The van der Waals surface area contributed by atoms with Crippen molar-refractivity contribution in [3.05, 3.63) is 107 Å². The van der Waals surface area contributed by atoms with Gasteiger partial charge in [-0.25, -0.2) is 4.39 Å². The fourth-order valence-electron chi connectivity index (χ4n) is 3.41. The first kappa shape index (κ1) is 18.8. The van der Waals surface area contributed by atoms with Gasteiger partial charge in [0, 0.05) is 23.6 Å². The number of nitrogens with zero attached hydrogens (tertiary/aromatic N) is 1. The van der Waals surface area contributed by atoms with Crippen LogP contribution in [0.5, 0.6) is 0 Å². The fraction of sp³-hybridized carbons (Fsp3) is 0.120. The summed E-state index contributed by atoms with van der Waals surface area (Å²) in [5.74, 6) is -0.342. The number of para-hydroxylation sites is 1. The predicted octanol–water partition coefficient (Wildman–Crippen LogP) is 6.05. The Morgan fingerprint density at radius 3 is 2.55 bits per heavy atom.